The molecule has 0 spiro atoms. The molecule has 2 atom stereocenters. The first-order chi connectivity index (χ1) is 10.3. The number of hydrogen-bond acceptors (Lipinski definition) is 3. The third-order valence-corrected chi connectivity index (χ3v) is 5.91. The minimum Gasteiger partial charge on any atom is -0.374 e. The summed E-state index contributed by atoms with van der Waals surface area (Å²) in [6, 6.07) is 0.727. The van der Waals surface area contributed by atoms with E-state index in [-0.39, 0.29) is 0 Å². The van der Waals surface area contributed by atoms with Crippen LogP contribution in [-0.4, -0.2) is 49.8 Å². The van der Waals surface area contributed by atoms with Crippen LogP contribution < -0.4 is 5.32 Å². The number of nitrogens with zero attached hydrogens (tertiary/aromatic N) is 1. The minimum atomic E-state index is 0.547. The Bertz CT molecular complexity index is 292. The molecule has 0 aromatic rings. The molecule has 21 heavy (non-hydrogen) atoms. The third kappa shape index (κ3) is 4.20. The van der Waals surface area contributed by atoms with Crippen molar-refractivity contribution in [3.8, 4) is 0 Å². The summed E-state index contributed by atoms with van der Waals surface area (Å²) in [5.74, 6) is 1.78. The normalized spacial score (nSPS) is 40.4. The Morgan fingerprint density at radius 2 is 1.57 bits per heavy atom. The van der Waals surface area contributed by atoms with Crippen LogP contribution in [0.2, 0.25) is 0 Å². The topological polar surface area (TPSA) is 24.5 Å². The van der Waals surface area contributed by atoms with Crippen molar-refractivity contribution in [2.45, 2.75) is 70.4 Å². The van der Waals surface area contributed by atoms with Crippen LogP contribution in [0.5, 0.6) is 0 Å². The second-order valence-electron chi connectivity index (χ2n) is 7.59. The van der Waals surface area contributed by atoms with E-state index < -0.39 is 0 Å². The zero-order valence-electron chi connectivity index (χ0n) is 13.9. The maximum atomic E-state index is 6.07. The molecule has 1 N–H and O–H groups in total. The van der Waals surface area contributed by atoms with Crippen LogP contribution >= 0.6 is 0 Å². The average molecular weight is 294 g/mol. The Balaban J connectivity index is 1.52. The summed E-state index contributed by atoms with van der Waals surface area (Å²) < 4.78 is 6.07. The standard InChI is InChI=1S/C18H34N2O/c1-15-6-2-8-16(9-3-7-15)18-17(14-21-18)20-12-4-10-19-11-5-13-20/h15-19H,2-14H2,1H3/t15?,16?,17-,18?/m1/s1. The molecule has 0 radical (unpaired) electrons. The van der Waals surface area contributed by atoms with Crippen molar-refractivity contribution in [2.75, 3.05) is 32.8 Å². The van der Waals surface area contributed by atoms with E-state index in [4.69, 9.17) is 4.74 Å². The predicted molar refractivity (Wildman–Crippen MR) is 87.6 cm³/mol. The quantitative estimate of drug-likeness (QED) is 0.847. The molecule has 0 aromatic heterocycles. The number of nitrogens with one attached hydrogen (secondary N) is 1. The van der Waals surface area contributed by atoms with Gasteiger partial charge in [-0.2, -0.15) is 0 Å². The molecule has 3 rings (SSSR count). The summed E-state index contributed by atoms with van der Waals surface area (Å²) in [7, 11) is 0. The van der Waals surface area contributed by atoms with Gasteiger partial charge in [0.25, 0.3) is 0 Å². The van der Waals surface area contributed by atoms with Gasteiger partial charge in [-0.25, -0.2) is 0 Å². The van der Waals surface area contributed by atoms with Gasteiger partial charge in [0.2, 0.25) is 0 Å². The van der Waals surface area contributed by atoms with Crippen molar-refractivity contribution >= 4 is 0 Å². The highest BCUT2D eigenvalue weighted by atomic mass is 16.5. The van der Waals surface area contributed by atoms with Gasteiger partial charge in [0.15, 0.2) is 0 Å². The van der Waals surface area contributed by atoms with Gasteiger partial charge in [-0.3, -0.25) is 4.90 Å². The van der Waals surface area contributed by atoms with E-state index in [2.05, 4.69) is 17.1 Å². The predicted octanol–water partition coefficient (Wildman–Crippen LogP) is 3.05. The van der Waals surface area contributed by atoms with Gasteiger partial charge in [0, 0.05) is 0 Å². The van der Waals surface area contributed by atoms with Gasteiger partial charge in [-0.15, -0.1) is 0 Å². The minimum absolute atomic E-state index is 0.547. The molecule has 2 aliphatic heterocycles. The summed E-state index contributed by atoms with van der Waals surface area (Å²) >= 11 is 0. The lowest BCUT2D eigenvalue weighted by atomic mass is 9.80. The van der Waals surface area contributed by atoms with E-state index in [1.165, 1.54) is 77.5 Å². The molecular formula is C18H34N2O. The molecule has 2 heterocycles. The van der Waals surface area contributed by atoms with Crippen LogP contribution in [0.4, 0.5) is 0 Å². The highest BCUT2D eigenvalue weighted by Gasteiger charge is 2.41. The van der Waals surface area contributed by atoms with Crippen molar-refractivity contribution in [3.63, 3.8) is 0 Å². The molecule has 0 bridgehead atoms. The van der Waals surface area contributed by atoms with Gasteiger partial charge < -0.3 is 10.1 Å². The number of rotatable bonds is 2. The van der Waals surface area contributed by atoms with Crippen molar-refractivity contribution in [1.29, 1.82) is 0 Å². The Kier molecular flexibility index (Phi) is 5.96. The molecular weight excluding hydrogens is 260 g/mol. The third-order valence-electron chi connectivity index (χ3n) is 5.91. The van der Waals surface area contributed by atoms with Crippen molar-refractivity contribution in [3.05, 3.63) is 0 Å². The van der Waals surface area contributed by atoms with Crippen molar-refractivity contribution in [1.82, 2.24) is 10.2 Å². The molecule has 1 aliphatic carbocycles. The van der Waals surface area contributed by atoms with Gasteiger partial charge >= 0.3 is 0 Å². The zero-order valence-corrected chi connectivity index (χ0v) is 13.9. The highest BCUT2D eigenvalue weighted by Crippen LogP contribution is 2.35. The molecule has 1 unspecified atom stereocenters. The van der Waals surface area contributed by atoms with Crippen LogP contribution in [0.1, 0.15) is 58.3 Å². The fourth-order valence-corrected chi connectivity index (χ4v) is 4.51. The second-order valence-corrected chi connectivity index (χ2v) is 7.59. The molecule has 3 fully saturated rings. The second kappa shape index (κ2) is 7.94. The van der Waals surface area contributed by atoms with E-state index in [1.54, 1.807) is 0 Å². The monoisotopic (exact) mass is 294 g/mol. The first-order valence-corrected chi connectivity index (χ1v) is 9.41. The maximum absolute atomic E-state index is 6.07. The molecule has 3 nitrogen and oxygen atoms in total. The summed E-state index contributed by atoms with van der Waals surface area (Å²) in [6.45, 7) is 8.33. The highest BCUT2D eigenvalue weighted by molar-refractivity contribution is 4.93. The van der Waals surface area contributed by atoms with E-state index in [1.807, 2.05) is 0 Å². The lowest BCUT2D eigenvalue weighted by molar-refractivity contribution is -0.163. The van der Waals surface area contributed by atoms with Crippen LogP contribution in [0.15, 0.2) is 0 Å². The first kappa shape index (κ1) is 15.8. The van der Waals surface area contributed by atoms with E-state index in [0.29, 0.717) is 6.10 Å². The molecule has 2 saturated heterocycles. The van der Waals surface area contributed by atoms with E-state index in [9.17, 15) is 0 Å². The Morgan fingerprint density at radius 1 is 0.905 bits per heavy atom. The SMILES string of the molecule is CC1CCCC(C2OC[C@H]2N2CCCNCCC2)CCC1. The fraction of sp³-hybridized carbons (Fsp3) is 1.00. The van der Waals surface area contributed by atoms with Crippen LogP contribution in [0.3, 0.4) is 0 Å². The maximum Gasteiger partial charge on any atom is 0.0781 e. The van der Waals surface area contributed by atoms with Crippen LogP contribution in [0.25, 0.3) is 0 Å². The molecule has 122 valence electrons. The van der Waals surface area contributed by atoms with Gasteiger partial charge in [-0.1, -0.05) is 32.6 Å². The van der Waals surface area contributed by atoms with Crippen molar-refractivity contribution in [2.24, 2.45) is 11.8 Å². The lowest BCUT2D eigenvalue weighted by Gasteiger charge is -2.48. The van der Waals surface area contributed by atoms with E-state index in [0.717, 1.165) is 24.5 Å². The average Bonchev–Trinajstić information content (AvgIpc) is 2.37. The van der Waals surface area contributed by atoms with Crippen LogP contribution in [0, 0.1) is 11.8 Å². The molecule has 1 saturated carbocycles. The zero-order chi connectivity index (χ0) is 14.5. The van der Waals surface area contributed by atoms with E-state index >= 15 is 0 Å². The summed E-state index contributed by atoms with van der Waals surface area (Å²) in [5.41, 5.74) is 0. The van der Waals surface area contributed by atoms with Crippen LogP contribution in [-0.2, 0) is 4.74 Å². The summed E-state index contributed by atoms with van der Waals surface area (Å²) in [5, 5.41) is 3.52. The molecule has 0 aromatic carbocycles. The first-order valence-electron chi connectivity index (χ1n) is 9.41. The van der Waals surface area contributed by atoms with Crippen molar-refractivity contribution < 1.29 is 4.74 Å². The summed E-state index contributed by atoms with van der Waals surface area (Å²) in [4.78, 5) is 2.75. The number of ether oxygens (including phenoxy) is 1. The fourth-order valence-electron chi connectivity index (χ4n) is 4.51. The Morgan fingerprint density at radius 3 is 2.14 bits per heavy atom. The summed E-state index contributed by atoms with van der Waals surface area (Å²) in [6.07, 6.45) is 11.7. The van der Waals surface area contributed by atoms with Gasteiger partial charge in [0.05, 0.1) is 18.8 Å². The molecule has 3 heteroatoms. The largest absolute Gasteiger partial charge is 0.374 e. The Labute approximate surface area is 130 Å². The molecule has 0 amide bonds. The lowest BCUT2D eigenvalue weighted by Crippen LogP contribution is -2.60. The smallest absolute Gasteiger partial charge is 0.0781 e. The number of hydrogen-bond donors (Lipinski definition) is 1. The van der Waals surface area contributed by atoms with Gasteiger partial charge in [-0.05, 0) is 63.7 Å². The Hall–Kier alpha value is -0.120. The molecule has 3 aliphatic rings. The van der Waals surface area contributed by atoms with Gasteiger partial charge in [0.1, 0.15) is 0 Å².